The molecule has 0 rings (SSSR count). The Balaban J connectivity index is 4.74. The molecule has 0 heterocycles. The Bertz CT molecular complexity index is 423. The van der Waals surface area contributed by atoms with Gasteiger partial charge in [0.25, 0.3) is 0 Å². The Morgan fingerprint density at radius 2 is 1.52 bits per heavy atom. The fourth-order valence-electron chi connectivity index (χ4n) is 1.35. The molecule has 0 saturated carbocycles. The van der Waals surface area contributed by atoms with Crippen LogP contribution in [-0.4, -0.2) is 54.8 Å². The van der Waals surface area contributed by atoms with Crippen molar-refractivity contribution in [1.82, 2.24) is 10.6 Å². The van der Waals surface area contributed by atoms with Crippen molar-refractivity contribution in [1.29, 1.82) is 0 Å². The molecule has 0 aromatic rings. The Labute approximate surface area is 136 Å². The quantitative estimate of drug-likeness (QED) is 0.646. The molecule has 1 radical (unpaired) electrons. The number of esters is 1. The van der Waals surface area contributed by atoms with Crippen LogP contribution in [0.1, 0.15) is 41.5 Å². The van der Waals surface area contributed by atoms with Crippen LogP contribution in [0.3, 0.4) is 0 Å². The largest absolute Gasteiger partial charge is 0.458 e. The predicted molar refractivity (Wildman–Crippen MR) is 82.0 cm³/mol. The molecule has 0 unspecified atom stereocenters. The lowest BCUT2D eigenvalue weighted by atomic mass is 10.1. The summed E-state index contributed by atoms with van der Waals surface area (Å²) in [5.74, 6) is -2.04. The van der Waals surface area contributed by atoms with E-state index in [1.165, 1.54) is 0 Å². The molecule has 133 valence electrons. The fourth-order valence-corrected chi connectivity index (χ4v) is 1.35. The van der Waals surface area contributed by atoms with E-state index in [1.807, 2.05) is 20.8 Å². The van der Waals surface area contributed by atoms with Crippen molar-refractivity contribution in [3.05, 3.63) is 0 Å². The van der Waals surface area contributed by atoms with Crippen molar-refractivity contribution in [2.45, 2.75) is 58.8 Å². The van der Waals surface area contributed by atoms with E-state index in [9.17, 15) is 19.5 Å². The number of amides is 2. The number of hydrogen-bond acceptors (Lipinski definition) is 5. The van der Waals surface area contributed by atoms with Crippen LogP contribution in [0.15, 0.2) is 0 Å². The van der Waals surface area contributed by atoms with E-state index in [2.05, 4.69) is 10.6 Å². The van der Waals surface area contributed by atoms with E-state index in [4.69, 9.17) is 9.47 Å². The zero-order valence-electron chi connectivity index (χ0n) is 14.6. The molecule has 0 bridgehead atoms. The van der Waals surface area contributed by atoms with Gasteiger partial charge in [-0.1, -0.05) is 0 Å². The molecule has 0 fully saturated rings. The summed E-state index contributed by atoms with van der Waals surface area (Å²) in [7, 11) is 0. The van der Waals surface area contributed by atoms with Crippen molar-refractivity contribution in [3.8, 4) is 0 Å². The van der Waals surface area contributed by atoms with Gasteiger partial charge in [-0.2, -0.15) is 0 Å². The van der Waals surface area contributed by atoms with Crippen LogP contribution >= 0.6 is 0 Å². The minimum Gasteiger partial charge on any atom is -0.458 e. The summed E-state index contributed by atoms with van der Waals surface area (Å²) < 4.78 is 10.8. The molecule has 23 heavy (non-hydrogen) atoms. The monoisotopic (exact) mass is 331 g/mol. The lowest BCUT2D eigenvalue weighted by Gasteiger charge is -2.27. The molecule has 0 saturated heterocycles. The summed E-state index contributed by atoms with van der Waals surface area (Å²) in [6.07, 6.45) is 0. The average Bonchev–Trinajstić information content (AvgIpc) is 2.37. The summed E-state index contributed by atoms with van der Waals surface area (Å²) >= 11 is 0. The first kappa shape index (κ1) is 21.3. The van der Waals surface area contributed by atoms with Crippen molar-refractivity contribution < 1.29 is 29.0 Å². The molecule has 2 N–H and O–H groups in total. The van der Waals surface area contributed by atoms with E-state index in [1.54, 1.807) is 20.8 Å². The highest BCUT2D eigenvalue weighted by Gasteiger charge is 2.28. The first-order chi connectivity index (χ1) is 10.3. The Kier molecular flexibility index (Phi) is 8.19. The highest BCUT2D eigenvalue weighted by atomic mass is 16.6. The van der Waals surface area contributed by atoms with Gasteiger partial charge in [0, 0.05) is 0 Å². The Morgan fingerprint density at radius 3 is 1.96 bits per heavy atom. The van der Waals surface area contributed by atoms with Gasteiger partial charge in [-0.05, 0) is 41.5 Å². The van der Waals surface area contributed by atoms with Gasteiger partial charge in [-0.25, -0.2) is 9.90 Å². The van der Waals surface area contributed by atoms with Gasteiger partial charge < -0.3 is 20.1 Å². The first-order valence-corrected chi connectivity index (χ1v) is 7.35. The van der Waals surface area contributed by atoms with Crippen LogP contribution in [0, 0.1) is 0 Å². The highest BCUT2D eigenvalue weighted by molar-refractivity contribution is 5.88. The molecule has 8 heteroatoms. The number of carbonyl (C=O) groups is 3. The third-order valence-electron chi connectivity index (χ3n) is 2.29. The van der Waals surface area contributed by atoms with Crippen LogP contribution in [0.4, 0.5) is 0 Å². The van der Waals surface area contributed by atoms with Gasteiger partial charge in [0.1, 0.15) is 5.60 Å². The number of hydrogen-bond donors (Lipinski definition) is 2. The molecular weight excluding hydrogens is 304 g/mol. The third-order valence-corrected chi connectivity index (χ3v) is 2.29. The SMILES string of the molecule is CC(C)(C)OC[C@@H](NC(=O)CNC(=O)C[O])C(=O)OC(C)(C)C. The standard InChI is InChI=1S/C15H27N2O6/c1-14(2,3)22-9-10(13(21)23-15(4,5)6)17-11(19)7-16-12(20)8-18/h10H,7-9H2,1-6H3,(H,16,20)(H,17,19)/t10-/m1/s1. The van der Waals surface area contributed by atoms with Crippen LogP contribution in [0.2, 0.25) is 0 Å². The smallest absolute Gasteiger partial charge is 0.331 e. The zero-order valence-corrected chi connectivity index (χ0v) is 14.6. The molecule has 1 atom stereocenters. The highest BCUT2D eigenvalue weighted by Crippen LogP contribution is 2.11. The maximum absolute atomic E-state index is 12.2. The molecule has 0 aliphatic rings. The number of nitrogens with one attached hydrogen (secondary N) is 2. The van der Waals surface area contributed by atoms with Gasteiger partial charge in [0.05, 0.1) is 18.8 Å². The van der Waals surface area contributed by atoms with Crippen LogP contribution in [0.5, 0.6) is 0 Å². The average molecular weight is 331 g/mol. The number of carbonyl (C=O) groups excluding carboxylic acids is 3. The van der Waals surface area contributed by atoms with Gasteiger partial charge in [0.2, 0.25) is 11.8 Å². The maximum Gasteiger partial charge on any atom is 0.331 e. The Hall–Kier alpha value is -1.67. The lowest BCUT2D eigenvalue weighted by molar-refractivity contribution is -0.161. The maximum atomic E-state index is 12.2. The summed E-state index contributed by atoms with van der Waals surface area (Å²) in [4.78, 5) is 34.8. The minimum absolute atomic E-state index is 0.0698. The van der Waals surface area contributed by atoms with Crippen LogP contribution in [-0.2, 0) is 29.0 Å². The van der Waals surface area contributed by atoms with E-state index >= 15 is 0 Å². The van der Waals surface area contributed by atoms with Crippen LogP contribution < -0.4 is 10.6 Å². The molecule has 0 spiro atoms. The zero-order chi connectivity index (χ0) is 18.3. The molecular formula is C15H27N2O6. The minimum atomic E-state index is -1.01. The Morgan fingerprint density at radius 1 is 0.957 bits per heavy atom. The van der Waals surface area contributed by atoms with E-state index in [-0.39, 0.29) is 6.61 Å². The summed E-state index contributed by atoms with van der Waals surface area (Å²) in [6, 6.07) is -1.01. The van der Waals surface area contributed by atoms with Gasteiger partial charge in [-0.15, -0.1) is 0 Å². The van der Waals surface area contributed by atoms with Gasteiger partial charge in [0.15, 0.2) is 12.6 Å². The molecule has 0 aliphatic heterocycles. The predicted octanol–water partition coefficient (Wildman–Crippen LogP) is 0.175. The fraction of sp³-hybridized carbons (Fsp3) is 0.800. The summed E-state index contributed by atoms with van der Waals surface area (Å²) in [5, 5.41) is 14.9. The van der Waals surface area contributed by atoms with E-state index in [0.29, 0.717) is 0 Å². The van der Waals surface area contributed by atoms with Gasteiger partial charge in [-0.3, -0.25) is 9.59 Å². The van der Waals surface area contributed by atoms with Crippen molar-refractivity contribution in [3.63, 3.8) is 0 Å². The molecule has 0 aliphatic carbocycles. The second-order valence-electron chi connectivity index (χ2n) is 7.00. The second-order valence-corrected chi connectivity index (χ2v) is 7.00. The van der Waals surface area contributed by atoms with E-state index in [0.717, 1.165) is 0 Å². The second kappa shape index (κ2) is 8.83. The van der Waals surface area contributed by atoms with Gasteiger partial charge >= 0.3 is 5.97 Å². The normalized spacial score (nSPS) is 13.2. The molecule has 0 aromatic carbocycles. The molecule has 0 aromatic heterocycles. The molecule has 2 amide bonds. The number of rotatable bonds is 7. The first-order valence-electron chi connectivity index (χ1n) is 7.35. The lowest BCUT2D eigenvalue weighted by Crippen LogP contribution is -2.50. The van der Waals surface area contributed by atoms with E-state index < -0.39 is 48.2 Å². The summed E-state index contributed by atoms with van der Waals surface area (Å²) in [5.41, 5.74) is -1.21. The molecule has 8 nitrogen and oxygen atoms in total. The third kappa shape index (κ3) is 11.5. The number of ether oxygens (including phenoxy) is 2. The van der Waals surface area contributed by atoms with Crippen molar-refractivity contribution >= 4 is 17.8 Å². The van der Waals surface area contributed by atoms with Crippen LogP contribution in [0.25, 0.3) is 0 Å². The summed E-state index contributed by atoms with van der Waals surface area (Å²) in [6.45, 7) is 9.15. The van der Waals surface area contributed by atoms with Crippen molar-refractivity contribution in [2.75, 3.05) is 19.8 Å². The topological polar surface area (TPSA) is 114 Å². The van der Waals surface area contributed by atoms with Crippen molar-refractivity contribution in [2.24, 2.45) is 0 Å².